The summed E-state index contributed by atoms with van der Waals surface area (Å²) in [5.74, 6) is -0.521. The van der Waals surface area contributed by atoms with Crippen molar-refractivity contribution in [2.75, 3.05) is 18.9 Å². The standard InChI is InChI=1S/C15H21NO3/c1-11(12-5-4-6-13(16)9-12)15(17)19-10-14-7-2-3-8-18-14/h4-6,9,11,14H,2-3,7-8,10,16H2,1H3. The Balaban J connectivity index is 1.85. The van der Waals surface area contributed by atoms with E-state index in [-0.39, 0.29) is 18.0 Å². The van der Waals surface area contributed by atoms with Gasteiger partial charge in [0.1, 0.15) is 6.61 Å². The molecule has 4 nitrogen and oxygen atoms in total. The Morgan fingerprint density at radius 2 is 2.37 bits per heavy atom. The lowest BCUT2D eigenvalue weighted by Crippen LogP contribution is -2.27. The zero-order chi connectivity index (χ0) is 13.7. The first-order chi connectivity index (χ1) is 9.16. The van der Waals surface area contributed by atoms with Crippen LogP contribution in [0.2, 0.25) is 0 Å². The molecule has 0 bridgehead atoms. The van der Waals surface area contributed by atoms with Crippen molar-refractivity contribution in [3.05, 3.63) is 29.8 Å². The maximum atomic E-state index is 12.0. The Bertz CT molecular complexity index is 427. The van der Waals surface area contributed by atoms with Gasteiger partial charge >= 0.3 is 5.97 Å². The van der Waals surface area contributed by atoms with Crippen molar-refractivity contribution in [1.82, 2.24) is 0 Å². The minimum atomic E-state index is -0.299. The Hall–Kier alpha value is -1.55. The number of ether oxygens (including phenoxy) is 2. The maximum absolute atomic E-state index is 12.0. The Morgan fingerprint density at radius 1 is 1.53 bits per heavy atom. The summed E-state index contributed by atoms with van der Waals surface area (Å²) in [6.07, 6.45) is 3.28. The van der Waals surface area contributed by atoms with Gasteiger partial charge in [-0.05, 0) is 43.9 Å². The van der Waals surface area contributed by atoms with Gasteiger partial charge in [0.15, 0.2) is 0 Å². The maximum Gasteiger partial charge on any atom is 0.313 e. The molecular formula is C15H21NO3. The number of anilines is 1. The fourth-order valence-corrected chi connectivity index (χ4v) is 2.20. The highest BCUT2D eigenvalue weighted by molar-refractivity contribution is 5.78. The third-order valence-corrected chi connectivity index (χ3v) is 3.45. The van der Waals surface area contributed by atoms with Crippen LogP contribution in [0.1, 0.15) is 37.7 Å². The first-order valence-electron chi connectivity index (χ1n) is 6.80. The van der Waals surface area contributed by atoms with Gasteiger partial charge in [0.2, 0.25) is 0 Å². The predicted octanol–water partition coefficient (Wildman–Crippen LogP) is 2.48. The van der Waals surface area contributed by atoms with Gasteiger partial charge in [0, 0.05) is 12.3 Å². The molecule has 104 valence electrons. The van der Waals surface area contributed by atoms with Crippen LogP contribution in [-0.4, -0.2) is 25.3 Å². The summed E-state index contributed by atoms with van der Waals surface area (Å²) in [7, 11) is 0. The molecule has 1 aliphatic rings. The molecule has 0 aromatic heterocycles. The molecule has 0 spiro atoms. The minimum Gasteiger partial charge on any atom is -0.462 e. The molecular weight excluding hydrogens is 242 g/mol. The molecule has 1 saturated heterocycles. The second-order valence-corrected chi connectivity index (χ2v) is 5.01. The predicted molar refractivity (Wildman–Crippen MR) is 73.8 cm³/mol. The molecule has 1 aliphatic heterocycles. The summed E-state index contributed by atoms with van der Waals surface area (Å²) in [4.78, 5) is 12.0. The van der Waals surface area contributed by atoms with Crippen molar-refractivity contribution in [2.24, 2.45) is 0 Å². The molecule has 1 fully saturated rings. The molecule has 1 aromatic carbocycles. The van der Waals surface area contributed by atoms with E-state index in [1.807, 2.05) is 25.1 Å². The van der Waals surface area contributed by atoms with Gasteiger partial charge in [-0.3, -0.25) is 4.79 Å². The second-order valence-electron chi connectivity index (χ2n) is 5.01. The van der Waals surface area contributed by atoms with Crippen LogP contribution in [-0.2, 0) is 14.3 Å². The summed E-state index contributed by atoms with van der Waals surface area (Å²) in [5.41, 5.74) is 7.26. The van der Waals surface area contributed by atoms with Crippen molar-refractivity contribution >= 4 is 11.7 Å². The van der Waals surface area contributed by atoms with Crippen LogP contribution < -0.4 is 5.73 Å². The largest absolute Gasteiger partial charge is 0.462 e. The van der Waals surface area contributed by atoms with Crippen LogP contribution in [0.15, 0.2) is 24.3 Å². The summed E-state index contributed by atoms with van der Waals surface area (Å²) in [6.45, 7) is 2.96. The third kappa shape index (κ3) is 3.96. The van der Waals surface area contributed by atoms with E-state index in [1.54, 1.807) is 6.07 Å². The minimum absolute atomic E-state index is 0.0609. The van der Waals surface area contributed by atoms with E-state index in [1.165, 1.54) is 0 Å². The normalized spacial score (nSPS) is 20.8. The van der Waals surface area contributed by atoms with Crippen molar-refractivity contribution in [1.29, 1.82) is 0 Å². The molecule has 0 aliphatic carbocycles. The number of rotatable bonds is 4. The van der Waals surface area contributed by atoms with Gasteiger partial charge in [0.05, 0.1) is 12.0 Å². The van der Waals surface area contributed by atoms with E-state index in [4.69, 9.17) is 15.2 Å². The Labute approximate surface area is 113 Å². The molecule has 2 atom stereocenters. The lowest BCUT2D eigenvalue weighted by atomic mass is 10.0. The van der Waals surface area contributed by atoms with E-state index >= 15 is 0 Å². The molecule has 1 aromatic rings. The first kappa shape index (κ1) is 13.9. The fourth-order valence-electron chi connectivity index (χ4n) is 2.20. The molecule has 4 heteroatoms. The second kappa shape index (κ2) is 6.57. The first-order valence-corrected chi connectivity index (χ1v) is 6.80. The fraction of sp³-hybridized carbons (Fsp3) is 0.533. The van der Waals surface area contributed by atoms with Crippen molar-refractivity contribution < 1.29 is 14.3 Å². The van der Waals surface area contributed by atoms with Gasteiger partial charge in [-0.15, -0.1) is 0 Å². The van der Waals surface area contributed by atoms with Crippen LogP contribution in [0.5, 0.6) is 0 Å². The lowest BCUT2D eigenvalue weighted by molar-refractivity contribution is -0.150. The monoisotopic (exact) mass is 263 g/mol. The topological polar surface area (TPSA) is 61.5 Å². The van der Waals surface area contributed by atoms with E-state index in [0.717, 1.165) is 31.4 Å². The van der Waals surface area contributed by atoms with Crippen LogP contribution in [0.25, 0.3) is 0 Å². The zero-order valence-corrected chi connectivity index (χ0v) is 11.3. The highest BCUT2D eigenvalue weighted by Gasteiger charge is 2.20. The van der Waals surface area contributed by atoms with Crippen LogP contribution in [0.3, 0.4) is 0 Å². The molecule has 2 unspecified atom stereocenters. The summed E-state index contributed by atoms with van der Waals surface area (Å²) in [5, 5.41) is 0. The molecule has 2 rings (SSSR count). The summed E-state index contributed by atoms with van der Waals surface area (Å²) >= 11 is 0. The highest BCUT2D eigenvalue weighted by atomic mass is 16.6. The van der Waals surface area contributed by atoms with Crippen molar-refractivity contribution in [3.8, 4) is 0 Å². The average molecular weight is 263 g/mol. The van der Waals surface area contributed by atoms with Gasteiger partial charge in [0.25, 0.3) is 0 Å². The Kier molecular flexibility index (Phi) is 4.80. The number of carbonyl (C=O) groups is 1. The Morgan fingerprint density at radius 3 is 3.05 bits per heavy atom. The molecule has 0 radical (unpaired) electrons. The summed E-state index contributed by atoms with van der Waals surface area (Å²) < 4.78 is 10.9. The molecule has 0 amide bonds. The van der Waals surface area contributed by atoms with Gasteiger partial charge in [-0.1, -0.05) is 12.1 Å². The molecule has 1 heterocycles. The number of nitrogen functional groups attached to an aromatic ring is 1. The van der Waals surface area contributed by atoms with Crippen LogP contribution in [0, 0.1) is 0 Å². The van der Waals surface area contributed by atoms with Crippen LogP contribution in [0.4, 0.5) is 5.69 Å². The summed E-state index contributed by atoms with van der Waals surface area (Å²) in [6, 6.07) is 7.35. The molecule has 2 N–H and O–H groups in total. The third-order valence-electron chi connectivity index (χ3n) is 3.45. The highest BCUT2D eigenvalue weighted by Crippen LogP contribution is 2.20. The number of hydrogen-bond donors (Lipinski definition) is 1. The van der Waals surface area contributed by atoms with Crippen molar-refractivity contribution in [2.45, 2.75) is 38.2 Å². The number of hydrogen-bond acceptors (Lipinski definition) is 4. The SMILES string of the molecule is CC(C(=O)OCC1CCCCO1)c1cccc(N)c1. The van der Waals surface area contributed by atoms with Gasteiger partial charge in [-0.25, -0.2) is 0 Å². The number of esters is 1. The average Bonchev–Trinajstić information content (AvgIpc) is 2.45. The molecule has 0 saturated carbocycles. The number of carbonyl (C=O) groups excluding carboxylic acids is 1. The lowest BCUT2D eigenvalue weighted by Gasteiger charge is -2.23. The molecule has 19 heavy (non-hydrogen) atoms. The van der Waals surface area contributed by atoms with E-state index < -0.39 is 0 Å². The van der Waals surface area contributed by atoms with Gasteiger partial charge < -0.3 is 15.2 Å². The van der Waals surface area contributed by atoms with Crippen LogP contribution >= 0.6 is 0 Å². The van der Waals surface area contributed by atoms with E-state index in [2.05, 4.69) is 0 Å². The number of benzene rings is 1. The smallest absolute Gasteiger partial charge is 0.313 e. The zero-order valence-electron chi connectivity index (χ0n) is 11.3. The number of nitrogens with two attached hydrogens (primary N) is 1. The van der Waals surface area contributed by atoms with Gasteiger partial charge in [-0.2, -0.15) is 0 Å². The van der Waals surface area contributed by atoms with E-state index in [0.29, 0.717) is 12.3 Å². The van der Waals surface area contributed by atoms with E-state index in [9.17, 15) is 4.79 Å². The quantitative estimate of drug-likeness (QED) is 0.669. The van der Waals surface area contributed by atoms with Crippen molar-refractivity contribution in [3.63, 3.8) is 0 Å².